The van der Waals surface area contributed by atoms with Crippen LogP contribution in [0.5, 0.6) is 0 Å². The largest absolute Gasteiger partial charge is 0.369 e. The highest BCUT2D eigenvalue weighted by atomic mass is 16.1. The van der Waals surface area contributed by atoms with E-state index < -0.39 is 0 Å². The monoisotopic (exact) mass is 234 g/mol. The van der Waals surface area contributed by atoms with Crippen LogP contribution in [0.3, 0.4) is 0 Å². The Kier molecular flexibility index (Phi) is 6.30. The molecule has 0 aliphatic carbocycles. The topological polar surface area (TPSA) is 56.0 Å². The first-order valence-corrected chi connectivity index (χ1v) is 6.45. The first-order chi connectivity index (χ1) is 8.25. The van der Waals surface area contributed by atoms with Gasteiger partial charge in [0.15, 0.2) is 0 Å². The fraction of sp³-hybridized carbons (Fsp3) is 0.571. The predicted octanol–water partition coefficient (Wildman–Crippen LogP) is 3.01. The van der Waals surface area contributed by atoms with Crippen molar-refractivity contribution in [1.82, 2.24) is 4.98 Å². The molecule has 2 N–H and O–H groups in total. The molecule has 1 unspecified atom stereocenters. The number of rotatable bonds is 8. The highest BCUT2D eigenvalue weighted by Gasteiger charge is 2.16. The number of aromatic nitrogens is 1. The molecular formula is C14H22N2O. The number of nitrogens with two attached hydrogens (primary N) is 1. The zero-order valence-corrected chi connectivity index (χ0v) is 10.6. The van der Waals surface area contributed by atoms with Crippen molar-refractivity contribution in [2.75, 3.05) is 0 Å². The van der Waals surface area contributed by atoms with Crippen LogP contribution in [0.15, 0.2) is 24.5 Å². The van der Waals surface area contributed by atoms with E-state index in [1.54, 1.807) is 12.4 Å². The molecule has 0 fully saturated rings. The van der Waals surface area contributed by atoms with E-state index in [0.717, 1.165) is 18.4 Å². The van der Waals surface area contributed by atoms with Crippen LogP contribution in [0.1, 0.15) is 56.9 Å². The van der Waals surface area contributed by atoms with Crippen molar-refractivity contribution in [2.45, 2.75) is 51.4 Å². The van der Waals surface area contributed by atoms with Crippen LogP contribution in [0, 0.1) is 0 Å². The summed E-state index contributed by atoms with van der Waals surface area (Å²) >= 11 is 0. The lowest BCUT2D eigenvalue weighted by Gasteiger charge is -2.12. The van der Waals surface area contributed by atoms with E-state index >= 15 is 0 Å². The lowest BCUT2D eigenvalue weighted by Crippen LogP contribution is -2.21. The molecule has 0 bridgehead atoms. The van der Waals surface area contributed by atoms with Crippen molar-refractivity contribution in [2.24, 2.45) is 5.73 Å². The molecular weight excluding hydrogens is 212 g/mol. The Bertz CT molecular complexity index is 324. The number of hydrogen-bond acceptors (Lipinski definition) is 2. The van der Waals surface area contributed by atoms with Crippen molar-refractivity contribution < 1.29 is 4.79 Å². The molecule has 1 heterocycles. The van der Waals surface area contributed by atoms with Gasteiger partial charge in [0.2, 0.25) is 5.91 Å². The predicted molar refractivity (Wildman–Crippen MR) is 69.5 cm³/mol. The Hall–Kier alpha value is -1.38. The van der Waals surface area contributed by atoms with Crippen molar-refractivity contribution in [3.8, 4) is 0 Å². The van der Waals surface area contributed by atoms with Crippen molar-refractivity contribution in [3.05, 3.63) is 30.1 Å². The van der Waals surface area contributed by atoms with Crippen LogP contribution >= 0.6 is 0 Å². The normalized spacial score (nSPS) is 12.3. The van der Waals surface area contributed by atoms with E-state index in [0.29, 0.717) is 0 Å². The van der Waals surface area contributed by atoms with E-state index in [4.69, 9.17) is 5.73 Å². The number of pyridine rings is 1. The molecule has 3 heteroatoms. The molecule has 1 atom stereocenters. The van der Waals surface area contributed by atoms with E-state index in [2.05, 4.69) is 11.9 Å². The quantitative estimate of drug-likeness (QED) is 0.703. The second kappa shape index (κ2) is 7.82. The molecule has 1 rings (SSSR count). The Labute approximate surface area is 103 Å². The van der Waals surface area contributed by atoms with Crippen LogP contribution in [-0.4, -0.2) is 10.9 Å². The molecule has 0 aliphatic heterocycles. The van der Waals surface area contributed by atoms with E-state index in [1.165, 1.54) is 25.7 Å². The van der Waals surface area contributed by atoms with E-state index in [-0.39, 0.29) is 11.8 Å². The smallest absolute Gasteiger partial charge is 0.225 e. The molecule has 0 aromatic carbocycles. The van der Waals surface area contributed by atoms with Crippen LogP contribution in [0.2, 0.25) is 0 Å². The Morgan fingerprint density at radius 1 is 1.35 bits per heavy atom. The molecule has 1 aromatic heterocycles. The van der Waals surface area contributed by atoms with Crippen molar-refractivity contribution in [3.63, 3.8) is 0 Å². The van der Waals surface area contributed by atoms with Gasteiger partial charge in [-0.3, -0.25) is 9.78 Å². The minimum absolute atomic E-state index is 0.176. The van der Waals surface area contributed by atoms with Gasteiger partial charge < -0.3 is 5.73 Å². The summed E-state index contributed by atoms with van der Waals surface area (Å²) in [5, 5.41) is 0. The van der Waals surface area contributed by atoms with Crippen LogP contribution in [0.25, 0.3) is 0 Å². The maximum Gasteiger partial charge on any atom is 0.225 e. The molecule has 0 saturated heterocycles. The maximum absolute atomic E-state index is 11.4. The number of hydrogen-bond donors (Lipinski definition) is 1. The lowest BCUT2D eigenvalue weighted by molar-refractivity contribution is -0.119. The molecule has 94 valence electrons. The second-order valence-corrected chi connectivity index (χ2v) is 4.44. The number of carbonyl (C=O) groups is 1. The van der Waals surface area contributed by atoms with Gasteiger partial charge in [-0.25, -0.2) is 0 Å². The van der Waals surface area contributed by atoms with E-state index in [1.807, 2.05) is 12.1 Å². The molecule has 0 radical (unpaired) electrons. The summed E-state index contributed by atoms with van der Waals surface area (Å²) in [6.07, 6.45) is 10.3. The van der Waals surface area contributed by atoms with Crippen molar-refractivity contribution in [1.29, 1.82) is 0 Å². The third kappa shape index (κ3) is 4.98. The molecule has 0 saturated carbocycles. The molecule has 0 spiro atoms. The van der Waals surface area contributed by atoms with Gasteiger partial charge in [0.1, 0.15) is 0 Å². The second-order valence-electron chi connectivity index (χ2n) is 4.44. The summed E-state index contributed by atoms with van der Waals surface area (Å²) in [6, 6.07) is 3.77. The Morgan fingerprint density at radius 2 is 2.12 bits per heavy atom. The van der Waals surface area contributed by atoms with Gasteiger partial charge in [0.25, 0.3) is 0 Å². The first kappa shape index (κ1) is 13.7. The zero-order chi connectivity index (χ0) is 12.5. The zero-order valence-electron chi connectivity index (χ0n) is 10.6. The van der Waals surface area contributed by atoms with Gasteiger partial charge >= 0.3 is 0 Å². The van der Waals surface area contributed by atoms with Crippen LogP contribution in [-0.2, 0) is 4.79 Å². The SMILES string of the molecule is CCCCCCCC(C(N)=O)c1cccnc1. The number of unbranched alkanes of at least 4 members (excludes halogenated alkanes) is 4. The highest BCUT2D eigenvalue weighted by molar-refractivity contribution is 5.81. The molecule has 1 aromatic rings. The average molecular weight is 234 g/mol. The van der Waals surface area contributed by atoms with Crippen LogP contribution < -0.4 is 5.73 Å². The summed E-state index contributed by atoms with van der Waals surface area (Å²) in [5.41, 5.74) is 6.38. The molecule has 3 nitrogen and oxygen atoms in total. The summed E-state index contributed by atoms with van der Waals surface area (Å²) in [7, 11) is 0. The van der Waals surface area contributed by atoms with Crippen LogP contribution in [0.4, 0.5) is 0 Å². The van der Waals surface area contributed by atoms with Gasteiger partial charge in [-0.15, -0.1) is 0 Å². The summed E-state index contributed by atoms with van der Waals surface area (Å²) in [6.45, 7) is 2.20. The number of nitrogens with zero attached hydrogens (tertiary/aromatic N) is 1. The van der Waals surface area contributed by atoms with Gasteiger partial charge in [0.05, 0.1) is 5.92 Å². The van der Waals surface area contributed by atoms with Gasteiger partial charge in [0, 0.05) is 12.4 Å². The minimum atomic E-state index is -0.242. The summed E-state index contributed by atoms with van der Waals surface area (Å²) < 4.78 is 0. The first-order valence-electron chi connectivity index (χ1n) is 6.45. The summed E-state index contributed by atoms with van der Waals surface area (Å²) in [4.78, 5) is 15.5. The van der Waals surface area contributed by atoms with E-state index in [9.17, 15) is 4.79 Å². The number of carbonyl (C=O) groups excluding carboxylic acids is 1. The van der Waals surface area contributed by atoms with Gasteiger partial charge in [-0.05, 0) is 18.1 Å². The average Bonchev–Trinajstić information content (AvgIpc) is 2.34. The van der Waals surface area contributed by atoms with Gasteiger partial charge in [-0.1, -0.05) is 45.1 Å². The third-order valence-corrected chi connectivity index (χ3v) is 3.03. The number of amides is 1. The standard InChI is InChI=1S/C14H22N2O/c1-2-3-4-5-6-9-13(14(15)17)12-8-7-10-16-11-12/h7-8,10-11,13H,2-6,9H2,1H3,(H2,15,17). The van der Waals surface area contributed by atoms with Crippen molar-refractivity contribution >= 4 is 5.91 Å². The highest BCUT2D eigenvalue weighted by Crippen LogP contribution is 2.21. The molecule has 17 heavy (non-hydrogen) atoms. The molecule has 0 aliphatic rings. The third-order valence-electron chi connectivity index (χ3n) is 3.03. The number of primary amides is 1. The molecule has 1 amide bonds. The Morgan fingerprint density at radius 3 is 2.71 bits per heavy atom. The summed E-state index contributed by atoms with van der Waals surface area (Å²) in [5.74, 6) is -0.418. The van der Waals surface area contributed by atoms with Gasteiger partial charge in [-0.2, -0.15) is 0 Å². The fourth-order valence-corrected chi connectivity index (χ4v) is 2.01. The lowest BCUT2D eigenvalue weighted by atomic mass is 9.93. The fourth-order valence-electron chi connectivity index (χ4n) is 2.01. The Balaban J connectivity index is 2.42. The minimum Gasteiger partial charge on any atom is -0.369 e. The maximum atomic E-state index is 11.4.